The van der Waals surface area contributed by atoms with Crippen LogP contribution in [0.3, 0.4) is 0 Å². The summed E-state index contributed by atoms with van der Waals surface area (Å²) >= 11 is 1.38. The third-order valence-electron chi connectivity index (χ3n) is 1.82. The SMILES string of the molecule is [H-].[Na+].[O]=[Cr].c1ccc2c(c1)CCCO2. The quantitative estimate of drug-likeness (QED) is 0.531. The maximum atomic E-state index is 8.12. The van der Waals surface area contributed by atoms with E-state index in [1.165, 1.54) is 28.2 Å². The number of fused-ring (bicyclic) bond motifs is 1. The Balaban J connectivity index is 0. The maximum Gasteiger partial charge on any atom is 0.122 e. The first-order valence-corrected chi connectivity index (χ1v) is 4.36. The van der Waals surface area contributed by atoms with E-state index in [-0.39, 0.29) is 31.0 Å². The van der Waals surface area contributed by atoms with Crippen molar-refractivity contribution < 1.29 is 55.7 Å². The van der Waals surface area contributed by atoms with Crippen molar-refractivity contribution >= 4 is 0 Å². The number of ether oxygens (including phenoxy) is 1. The van der Waals surface area contributed by atoms with E-state index in [9.17, 15) is 0 Å². The Kier molecular flexibility index (Phi) is 7.94. The molecule has 2 rings (SSSR count). The molecule has 0 saturated carbocycles. The Morgan fingerprint density at radius 3 is 2.69 bits per heavy atom. The molecule has 0 unspecified atom stereocenters. The molecule has 1 heterocycles. The van der Waals surface area contributed by atoms with Gasteiger partial charge in [-0.05, 0) is 24.5 Å². The molecule has 13 heavy (non-hydrogen) atoms. The summed E-state index contributed by atoms with van der Waals surface area (Å²) in [5.41, 5.74) is 1.36. The summed E-state index contributed by atoms with van der Waals surface area (Å²) < 4.78 is 13.5. The van der Waals surface area contributed by atoms with Crippen molar-refractivity contribution in [1.29, 1.82) is 0 Å². The van der Waals surface area contributed by atoms with Crippen LogP contribution < -0.4 is 34.3 Å². The Morgan fingerprint density at radius 2 is 2.00 bits per heavy atom. The predicted molar refractivity (Wildman–Crippen MR) is 42.1 cm³/mol. The zero-order chi connectivity index (χ0) is 8.81. The fourth-order valence-corrected chi connectivity index (χ4v) is 1.30. The van der Waals surface area contributed by atoms with E-state index in [1.807, 2.05) is 12.1 Å². The van der Waals surface area contributed by atoms with Gasteiger partial charge in [-0.25, -0.2) is 0 Å². The molecule has 0 spiro atoms. The second-order valence-electron chi connectivity index (χ2n) is 2.56. The molecule has 0 radical (unpaired) electrons. The van der Waals surface area contributed by atoms with E-state index >= 15 is 0 Å². The maximum absolute atomic E-state index is 8.12. The third kappa shape index (κ3) is 3.93. The topological polar surface area (TPSA) is 26.3 Å². The molecule has 0 saturated heterocycles. The molecule has 0 fully saturated rings. The summed E-state index contributed by atoms with van der Waals surface area (Å²) in [6, 6.07) is 8.25. The van der Waals surface area contributed by atoms with Crippen LogP contribution in [-0.2, 0) is 26.4 Å². The molecule has 1 aromatic carbocycles. The molecule has 1 aromatic rings. The van der Waals surface area contributed by atoms with Crippen LogP contribution in [-0.4, -0.2) is 6.61 Å². The summed E-state index contributed by atoms with van der Waals surface area (Å²) in [6.45, 7) is 0.886. The molecule has 0 aliphatic carbocycles. The van der Waals surface area contributed by atoms with Crippen LogP contribution in [0, 0.1) is 0 Å². The predicted octanol–water partition coefficient (Wildman–Crippen LogP) is -0.993. The number of aryl methyl sites for hydroxylation is 1. The van der Waals surface area contributed by atoms with Gasteiger partial charge in [0.2, 0.25) is 0 Å². The molecule has 66 valence electrons. The van der Waals surface area contributed by atoms with Gasteiger partial charge in [0.05, 0.1) is 6.61 Å². The van der Waals surface area contributed by atoms with Crippen LogP contribution in [0.1, 0.15) is 13.4 Å². The van der Waals surface area contributed by atoms with E-state index in [0.717, 1.165) is 18.8 Å². The Labute approximate surface area is 110 Å². The van der Waals surface area contributed by atoms with E-state index < -0.39 is 0 Å². The second kappa shape index (κ2) is 7.73. The standard InChI is InChI=1S/C9H10O.Cr.Na.O.H/c1-2-6-9-8(4-1)5-3-7-10-9;;;;/h1-2,4,6H,3,5,7H2;;;;/q;;+1;;-1. The first kappa shape index (κ1) is 13.4. The van der Waals surface area contributed by atoms with Crippen molar-refractivity contribution in [2.24, 2.45) is 0 Å². The van der Waals surface area contributed by atoms with Crippen molar-refractivity contribution in [2.45, 2.75) is 12.8 Å². The number of benzene rings is 1. The number of para-hydroxylation sites is 1. The molecule has 1 aliphatic rings. The number of hydrogen-bond donors (Lipinski definition) is 0. The van der Waals surface area contributed by atoms with Crippen molar-refractivity contribution in [1.82, 2.24) is 0 Å². The smallest absolute Gasteiger partial charge is 0.122 e. The van der Waals surface area contributed by atoms with Gasteiger partial charge in [-0.1, -0.05) is 18.2 Å². The zero-order valence-corrected chi connectivity index (χ0v) is 10.9. The van der Waals surface area contributed by atoms with Gasteiger partial charge >= 0.3 is 49.6 Å². The van der Waals surface area contributed by atoms with E-state index in [4.69, 9.17) is 8.54 Å². The molecule has 4 heteroatoms. The number of hydrogen-bond acceptors (Lipinski definition) is 2. The van der Waals surface area contributed by atoms with Gasteiger partial charge in [0, 0.05) is 0 Å². The molecule has 1 aliphatic heterocycles. The molecular formula is C9H11CrNaO2. The van der Waals surface area contributed by atoms with Crippen LogP contribution in [0.5, 0.6) is 5.75 Å². The van der Waals surface area contributed by atoms with E-state index in [2.05, 4.69) is 12.1 Å². The molecule has 0 bridgehead atoms. The van der Waals surface area contributed by atoms with Gasteiger partial charge in [0.15, 0.2) is 0 Å². The average molecular weight is 226 g/mol. The summed E-state index contributed by atoms with van der Waals surface area (Å²) in [6.07, 6.45) is 2.34. The normalized spacial score (nSPS) is 12.3. The first-order chi connectivity index (χ1) is 5.97. The summed E-state index contributed by atoms with van der Waals surface area (Å²) in [5.74, 6) is 1.08. The van der Waals surface area contributed by atoms with Gasteiger partial charge in [0.25, 0.3) is 0 Å². The monoisotopic (exact) mass is 226 g/mol. The number of rotatable bonds is 0. The largest absolute Gasteiger partial charge is 0.493 e. The zero-order valence-electron chi connectivity index (χ0n) is 8.66. The van der Waals surface area contributed by atoms with Crippen LogP contribution in [0.4, 0.5) is 0 Å². The van der Waals surface area contributed by atoms with Crippen LogP contribution in [0.2, 0.25) is 0 Å². The van der Waals surface area contributed by atoms with Crippen molar-refractivity contribution in [2.75, 3.05) is 6.61 Å². The Morgan fingerprint density at radius 1 is 1.31 bits per heavy atom. The minimum absolute atomic E-state index is 0. The Bertz CT molecular complexity index is 235. The average Bonchev–Trinajstić information content (AvgIpc) is 2.21. The van der Waals surface area contributed by atoms with Gasteiger partial charge in [-0.2, -0.15) is 0 Å². The van der Waals surface area contributed by atoms with E-state index in [1.54, 1.807) is 0 Å². The fraction of sp³-hybridized carbons (Fsp3) is 0.333. The fourth-order valence-electron chi connectivity index (χ4n) is 1.30. The minimum atomic E-state index is 0. The summed E-state index contributed by atoms with van der Waals surface area (Å²) in [4.78, 5) is 0. The van der Waals surface area contributed by atoms with Gasteiger partial charge in [-0.3, -0.25) is 0 Å². The van der Waals surface area contributed by atoms with Crippen LogP contribution in [0.25, 0.3) is 0 Å². The molecular weight excluding hydrogens is 215 g/mol. The summed E-state index contributed by atoms with van der Waals surface area (Å²) in [7, 11) is 0. The van der Waals surface area contributed by atoms with Crippen molar-refractivity contribution in [3.05, 3.63) is 29.8 Å². The van der Waals surface area contributed by atoms with Gasteiger partial charge in [-0.15, -0.1) is 0 Å². The van der Waals surface area contributed by atoms with Crippen molar-refractivity contribution in [3.63, 3.8) is 0 Å². The van der Waals surface area contributed by atoms with E-state index in [0.29, 0.717) is 0 Å². The molecule has 2 nitrogen and oxygen atoms in total. The molecule has 0 aromatic heterocycles. The third-order valence-corrected chi connectivity index (χ3v) is 1.82. The van der Waals surface area contributed by atoms with Crippen LogP contribution in [0.15, 0.2) is 24.3 Å². The molecule has 0 amide bonds. The van der Waals surface area contributed by atoms with Crippen molar-refractivity contribution in [3.8, 4) is 5.75 Å². The van der Waals surface area contributed by atoms with Gasteiger partial charge in [0.1, 0.15) is 5.75 Å². The first-order valence-electron chi connectivity index (χ1n) is 3.84. The summed E-state index contributed by atoms with van der Waals surface area (Å²) in [5, 5.41) is 0. The minimum Gasteiger partial charge on any atom is -0.493 e. The second-order valence-corrected chi connectivity index (χ2v) is 2.56. The molecule has 0 N–H and O–H groups in total. The van der Waals surface area contributed by atoms with Crippen LogP contribution >= 0.6 is 0 Å². The Hall–Kier alpha value is 0.352. The van der Waals surface area contributed by atoms with Gasteiger partial charge < -0.3 is 6.16 Å². The molecule has 0 atom stereocenters.